The van der Waals surface area contributed by atoms with Gasteiger partial charge in [-0.25, -0.2) is 13.8 Å². The molecule has 2 aromatic heterocycles. The summed E-state index contributed by atoms with van der Waals surface area (Å²) < 4.78 is 41.8. The summed E-state index contributed by atoms with van der Waals surface area (Å²) in [6.07, 6.45) is 2.56. The van der Waals surface area contributed by atoms with E-state index in [0.717, 1.165) is 23.3 Å². The van der Waals surface area contributed by atoms with Gasteiger partial charge in [-0.2, -0.15) is 0 Å². The van der Waals surface area contributed by atoms with Crippen LogP contribution in [0.5, 0.6) is 0 Å². The van der Waals surface area contributed by atoms with E-state index in [1.54, 1.807) is 24.4 Å². The molecule has 0 unspecified atom stereocenters. The topological polar surface area (TPSA) is 77.5 Å². The van der Waals surface area contributed by atoms with E-state index in [0.29, 0.717) is 42.3 Å². The summed E-state index contributed by atoms with van der Waals surface area (Å²) in [5.74, 6) is -1.21. The third kappa shape index (κ3) is 4.61. The Kier molecular flexibility index (Phi) is 6.74. The normalized spacial score (nSPS) is 15.2. The van der Waals surface area contributed by atoms with Crippen molar-refractivity contribution in [3.8, 4) is 28.3 Å². The molecule has 5 rings (SSSR count). The maximum atomic E-state index is 14.9. The molecule has 0 radical (unpaired) electrons. The van der Waals surface area contributed by atoms with Crippen molar-refractivity contribution in [1.82, 2.24) is 9.55 Å². The van der Waals surface area contributed by atoms with Crippen molar-refractivity contribution in [2.45, 2.75) is 32.1 Å². The fraction of sp³-hybridized carbons (Fsp3) is 0.286. The highest BCUT2D eigenvalue weighted by Gasteiger charge is 2.40. The molecule has 1 N–H and O–H groups in total. The van der Waals surface area contributed by atoms with Crippen molar-refractivity contribution in [1.29, 1.82) is 0 Å². The number of aliphatic hydroxyl groups excluding tert-OH is 1. The Morgan fingerprint density at radius 2 is 1.78 bits per heavy atom. The molecule has 0 saturated carbocycles. The zero-order valence-corrected chi connectivity index (χ0v) is 21.1. The number of aliphatic hydroxyl groups is 1. The van der Waals surface area contributed by atoms with Crippen LogP contribution < -0.4 is 5.56 Å². The van der Waals surface area contributed by atoms with Crippen LogP contribution in [0.3, 0.4) is 0 Å². The van der Waals surface area contributed by atoms with E-state index in [-0.39, 0.29) is 35.1 Å². The van der Waals surface area contributed by atoms with Crippen molar-refractivity contribution in [3.05, 3.63) is 92.7 Å². The van der Waals surface area contributed by atoms with E-state index in [1.807, 2.05) is 13.8 Å². The van der Waals surface area contributed by atoms with Gasteiger partial charge >= 0.3 is 0 Å². The summed E-state index contributed by atoms with van der Waals surface area (Å²) in [5, 5.41) is 10.9. The van der Waals surface area contributed by atoms with E-state index in [4.69, 9.17) is 25.7 Å². The largest absolute Gasteiger partial charge is 0.439 e. The molecule has 1 saturated heterocycles. The summed E-state index contributed by atoms with van der Waals surface area (Å²) in [6, 6.07) is 9.73. The minimum absolute atomic E-state index is 0.0203. The van der Waals surface area contributed by atoms with Crippen LogP contribution in [0, 0.1) is 25.5 Å². The van der Waals surface area contributed by atoms with Crippen LogP contribution in [0.15, 0.2) is 57.9 Å². The van der Waals surface area contributed by atoms with Gasteiger partial charge in [-0.1, -0.05) is 11.6 Å². The Morgan fingerprint density at radius 3 is 2.43 bits per heavy atom. The molecule has 37 heavy (non-hydrogen) atoms. The number of benzene rings is 2. The van der Waals surface area contributed by atoms with E-state index in [1.165, 1.54) is 16.7 Å². The maximum Gasteiger partial charge on any atom is 0.255 e. The number of halogens is 3. The molecule has 192 valence electrons. The molecule has 0 bridgehead atoms. The first-order chi connectivity index (χ1) is 17.7. The molecule has 0 spiro atoms. The molecule has 6 nitrogen and oxygen atoms in total. The van der Waals surface area contributed by atoms with Crippen LogP contribution in [0.2, 0.25) is 5.02 Å². The Bertz CT molecular complexity index is 1520. The predicted octanol–water partition coefficient (Wildman–Crippen LogP) is 5.75. The summed E-state index contributed by atoms with van der Waals surface area (Å²) in [7, 11) is 0. The van der Waals surface area contributed by atoms with E-state index >= 15 is 0 Å². The third-order valence-electron chi connectivity index (χ3n) is 6.89. The number of rotatable bonds is 5. The van der Waals surface area contributed by atoms with Gasteiger partial charge in [0.05, 0.1) is 23.3 Å². The second kappa shape index (κ2) is 9.85. The fourth-order valence-corrected chi connectivity index (χ4v) is 5.21. The zero-order chi connectivity index (χ0) is 26.3. The highest BCUT2D eigenvalue weighted by atomic mass is 35.5. The molecule has 9 heteroatoms. The highest BCUT2D eigenvalue weighted by Crippen LogP contribution is 2.41. The van der Waals surface area contributed by atoms with Gasteiger partial charge in [0.15, 0.2) is 5.76 Å². The van der Waals surface area contributed by atoms with Gasteiger partial charge in [-0.15, -0.1) is 0 Å². The van der Waals surface area contributed by atoms with Gasteiger partial charge in [-0.05, 0) is 68.1 Å². The van der Waals surface area contributed by atoms with Crippen molar-refractivity contribution in [2.75, 3.05) is 19.8 Å². The molecule has 4 aromatic rings. The van der Waals surface area contributed by atoms with Gasteiger partial charge < -0.3 is 14.3 Å². The molecule has 0 amide bonds. The highest BCUT2D eigenvalue weighted by molar-refractivity contribution is 6.30. The lowest BCUT2D eigenvalue weighted by Gasteiger charge is -2.32. The molecular formula is C28H25ClF2N2O4. The Morgan fingerprint density at radius 1 is 1.08 bits per heavy atom. The summed E-state index contributed by atoms with van der Waals surface area (Å²) in [4.78, 5) is 17.7. The van der Waals surface area contributed by atoms with Gasteiger partial charge in [0.2, 0.25) is 5.89 Å². The van der Waals surface area contributed by atoms with E-state index < -0.39 is 17.0 Å². The first-order valence-electron chi connectivity index (χ1n) is 11.9. The van der Waals surface area contributed by atoms with Crippen LogP contribution in [0.25, 0.3) is 28.3 Å². The quantitative estimate of drug-likeness (QED) is 0.358. The van der Waals surface area contributed by atoms with Crippen LogP contribution in [0.1, 0.15) is 29.9 Å². The van der Waals surface area contributed by atoms with E-state index in [9.17, 15) is 18.7 Å². The summed E-state index contributed by atoms with van der Waals surface area (Å²) in [6.45, 7) is 4.31. The average Bonchev–Trinajstić information content (AvgIpc) is 3.31. The smallest absolute Gasteiger partial charge is 0.255 e. The van der Waals surface area contributed by atoms with Gasteiger partial charge in [-0.3, -0.25) is 9.36 Å². The molecule has 1 aliphatic heterocycles. The number of oxazole rings is 1. The molecule has 0 aliphatic carbocycles. The number of aromatic nitrogens is 2. The number of ether oxygens (including phenoxy) is 1. The number of pyridine rings is 1. The van der Waals surface area contributed by atoms with Crippen LogP contribution in [0.4, 0.5) is 8.78 Å². The van der Waals surface area contributed by atoms with Crippen LogP contribution >= 0.6 is 11.6 Å². The standard InChI is InChI=1S/C28H25ClF2N2O4/c1-16-11-19(29)12-17(2)25(16)33-14-18(3-6-23(33)35)24-26(21-5-4-20(30)13-22(21)31)37-27(32-24)28(15-34)7-9-36-10-8-28/h3-6,11-14,34H,7-10,15H2,1-2H3. The number of hydrogen-bond acceptors (Lipinski definition) is 5. The lowest BCUT2D eigenvalue weighted by molar-refractivity contribution is 0.0142. The monoisotopic (exact) mass is 526 g/mol. The van der Waals surface area contributed by atoms with Crippen molar-refractivity contribution < 1.29 is 23.0 Å². The molecule has 0 atom stereocenters. The second-order valence-corrected chi connectivity index (χ2v) is 9.82. The van der Waals surface area contributed by atoms with Gasteiger partial charge in [0.1, 0.15) is 17.3 Å². The lowest BCUT2D eigenvalue weighted by atomic mass is 9.81. The Labute approximate surface area is 217 Å². The molecule has 1 fully saturated rings. The number of aryl methyl sites for hydroxylation is 2. The molecule has 1 aliphatic rings. The number of nitrogens with zero attached hydrogens (tertiary/aromatic N) is 2. The fourth-order valence-electron chi connectivity index (χ4n) is 4.89. The first-order valence-corrected chi connectivity index (χ1v) is 12.3. The van der Waals surface area contributed by atoms with E-state index in [2.05, 4.69) is 0 Å². The van der Waals surface area contributed by atoms with Gasteiger partial charge in [0.25, 0.3) is 5.56 Å². The summed E-state index contributed by atoms with van der Waals surface area (Å²) in [5.41, 5.74) is 1.98. The van der Waals surface area contributed by atoms with Gasteiger partial charge in [0, 0.05) is 42.1 Å². The van der Waals surface area contributed by atoms with Crippen molar-refractivity contribution in [3.63, 3.8) is 0 Å². The minimum atomic E-state index is -0.813. The molecule has 2 aromatic carbocycles. The zero-order valence-electron chi connectivity index (χ0n) is 20.4. The SMILES string of the molecule is Cc1cc(Cl)cc(C)c1-n1cc(-c2nc(C3(CO)CCOCC3)oc2-c2ccc(F)cc2F)ccc1=O. The Balaban J connectivity index is 1.74. The maximum absolute atomic E-state index is 14.9. The minimum Gasteiger partial charge on any atom is -0.439 e. The molecule has 3 heterocycles. The van der Waals surface area contributed by atoms with Crippen molar-refractivity contribution >= 4 is 11.6 Å². The summed E-state index contributed by atoms with van der Waals surface area (Å²) >= 11 is 6.19. The molecular weight excluding hydrogens is 502 g/mol. The second-order valence-electron chi connectivity index (χ2n) is 9.39. The van der Waals surface area contributed by atoms with Crippen LogP contribution in [-0.2, 0) is 10.2 Å². The average molecular weight is 527 g/mol. The lowest BCUT2D eigenvalue weighted by Crippen LogP contribution is -2.37. The predicted molar refractivity (Wildman–Crippen MR) is 136 cm³/mol. The first kappa shape index (κ1) is 25.3. The van der Waals surface area contributed by atoms with Crippen LogP contribution in [-0.4, -0.2) is 34.5 Å². The Hall–Kier alpha value is -3.33. The number of hydrogen-bond donors (Lipinski definition) is 1. The third-order valence-corrected chi connectivity index (χ3v) is 7.11. The van der Waals surface area contributed by atoms with Crippen molar-refractivity contribution in [2.24, 2.45) is 0 Å².